The molecule has 1 saturated heterocycles. The Labute approximate surface area is 148 Å². The van der Waals surface area contributed by atoms with Crippen LogP contribution in [0.25, 0.3) is 10.8 Å². The highest BCUT2D eigenvalue weighted by Crippen LogP contribution is 2.29. The zero-order chi connectivity index (χ0) is 17.2. The van der Waals surface area contributed by atoms with Gasteiger partial charge < -0.3 is 10.5 Å². The molecule has 25 heavy (non-hydrogen) atoms. The summed E-state index contributed by atoms with van der Waals surface area (Å²) < 4.78 is 6.32. The smallest absolute Gasteiger partial charge is 0.131 e. The van der Waals surface area contributed by atoms with Crippen molar-refractivity contribution in [2.45, 2.75) is 26.0 Å². The van der Waals surface area contributed by atoms with E-state index in [4.69, 9.17) is 10.5 Å². The number of aryl methyl sites for hydroxylation is 1. The van der Waals surface area contributed by atoms with Gasteiger partial charge in [0.05, 0.1) is 0 Å². The molecule has 4 nitrogen and oxygen atoms in total. The van der Waals surface area contributed by atoms with Crippen LogP contribution in [-0.2, 0) is 6.54 Å². The van der Waals surface area contributed by atoms with Gasteiger partial charge in [0, 0.05) is 31.2 Å². The Balaban J connectivity index is 1.46. The van der Waals surface area contributed by atoms with Crippen LogP contribution in [0, 0.1) is 6.92 Å². The quantitative estimate of drug-likeness (QED) is 0.789. The van der Waals surface area contributed by atoms with Gasteiger partial charge in [-0.3, -0.25) is 4.90 Å². The highest BCUT2D eigenvalue weighted by atomic mass is 16.5. The lowest BCUT2D eigenvalue weighted by Gasteiger charge is -2.18. The number of aromatic nitrogens is 1. The van der Waals surface area contributed by atoms with E-state index in [0.717, 1.165) is 48.1 Å². The number of anilines is 1. The lowest BCUT2D eigenvalue weighted by Crippen LogP contribution is -2.24. The summed E-state index contributed by atoms with van der Waals surface area (Å²) in [4.78, 5) is 6.62. The van der Waals surface area contributed by atoms with E-state index in [1.165, 1.54) is 5.56 Å². The zero-order valence-electron chi connectivity index (χ0n) is 14.5. The lowest BCUT2D eigenvalue weighted by molar-refractivity contribution is 0.197. The first-order valence-electron chi connectivity index (χ1n) is 8.77. The molecule has 0 aliphatic carbocycles. The molecule has 1 atom stereocenters. The van der Waals surface area contributed by atoms with Gasteiger partial charge in [-0.15, -0.1) is 0 Å². The molecule has 4 rings (SSSR count). The van der Waals surface area contributed by atoms with Crippen LogP contribution in [0.3, 0.4) is 0 Å². The molecule has 0 bridgehead atoms. The van der Waals surface area contributed by atoms with E-state index in [9.17, 15) is 0 Å². The fourth-order valence-corrected chi connectivity index (χ4v) is 3.52. The molecule has 0 spiro atoms. The van der Waals surface area contributed by atoms with Gasteiger partial charge in [0.15, 0.2) is 0 Å². The number of rotatable bonds is 4. The standard InChI is InChI=1S/C21H23N3O/c1-15-11-19-17(7-9-23-21(19)22)12-20(15)25-18-8-10-24(14-18)13-16-5-3-2-4-6-16/h2-7,9,11-12,18H,8,10,13-14H2,1H3,(H2,22,23)/t18-/m0/s1. The Hall–Kier alpha value is -2.59. The maximum Gasteiger partial charge on any atom is 0.131 e. The Morgan fingerprint density at radius 1 is 1.20 bits per heavy atom. The summed E-state index contributed by atoms with van der Waals surface area (Å²) in [7, 11) is 0. The molecule has 2 heterocycles. The summed E-state index contributed by atoms with van der Waals surface area (Å²) in [5.74, 6) is 1.52. The van der Waals surface area contributed by atoms with Crippen LogP contribution in [0.1, 0.15) is 17.5 Å². The number of nitrogens with two attached hydrogens (primary N) is 1. The number of likely N-dealkylation sites (tertiary alicyclic amines) is 1. The number of pyridine rings is 1. The number of ether oxygens (including phenoxy) is 1. The maximum atomic E-state index is 6.32. The summed E-state index contributed by atoms with van der Waals surface area (Å²) in [5, 5.41) is 2.07. The number of fused-ring (bicyclic) bond motifs is 1. The summed E-state index contributed by atoms with van der Waals surface area (Å²) in [6, 6.07) is 16.8. The van der Waals surface area contributed by atoms with E-state index in [1.807, 2.05) is 6.07 Å². The lowest BCUT2D eigenvalue weighted by atomic mass is 10.1. The molecule has 1 aliphatic rings. The minimum Gasteiger partial charge on any atom is -0.489 e. The largest absolute Gasteiger partial charge is 0.489 e. The van der Waals surface area contributed by atoms with Crippen molar-refractivity contribution in [2.75, 3.05) is 18.8 Å². The molecule has 0 unspecified atom stereocenters. The van der Waals surface area contributed by atoms with Gasteiger partial charge >= 0.3 is 0 Å². The fraction of sp³-hybridized carbons (Fsp3) is 0.286. The van der Waals surface area contributed by atoms with Crippen LogP contribution in [0.2, 0.25) is 0 Å². The molecule has 0 radical (unpaired) electrons. The Morgan fingerprint density at radius 3 is 2.88 bits per heavy atom. The third-order valence-electron chi connectivity index (χ3n) is 4.86. The van der Waals surface area contributed by atoms with Crippen LogP contribution in [0.15, 0.2) is 54.7 Å². The van der Waals surface area contributed by atoms with E-state index in [1.54, 1.807) is 6.20 Å². The summed E-state index contributed by atoms with van der Waals surface area (Å²) in [6.45, 7) is 5.09. The maximum absolute atomic E-state index is 6.32. The fourth-order valence-electron chi connectivity index (χ4n) is 3.52. The average molecular weight is 333 g/mol. The van der Waals surface area contributed by atoms with Crippen molar-refractivity contribution in [3.63, 3.8) is 0 Å². The molecule has 0 saturated carbocycles. The van der Waals surface area contributed by atoms with Gasteiger partial charge in [0.25, 0.3) is 0 Å². The van der Waals surface area contributed by atoms with Gasteiger partial charge in [-0.05, 0) is 48.1 Å². The van der Waals surface area contributed by atoms with Crippen molar-refractivity contribution >= 4 is 16.6 Å². The molecule has 1 fully saturated rings. The molecule has 0 amide bonds. The molecule has 1 aromatic heterocycles. The zero-order valence-corrected chi connectivity index (χ0v) is 14.5. The Kier molecular flexibility index (Phi) is 4.28. The molecule has 2 aromatic carbocycles. The van der Waals surface area contributed by atoms with Crippen molar-refractivity contribution in [2.24, 2.45) is 0 Å². The Morgan fingerprint density at radius 2 is 2.04 bits per heavy atom. The molecule has 3 aromatic rings. The van der Waals surface area contributed by atoms with Gasteiger partial charge in [-0.1, -0.05) is 30.3 Å². The first kappa shape index (κ1) is 15.9. The normalized spacial score (nSPS) is 17.9. The first-order valence-corrected chi connectivity index (χ1v) is 8.77. The predicted octanol–water partition coefficient (Wildman–Crippen LogP) is 3.78. The Bertz CT molecular complexity index is 879. The van der Waals surface area contributed by atoms with E-state index < -0.39 is 0 Å². The third kappa shape index (κ3) is 3.44. The van der Waals surface area contributed by atoms with Gasteiger partial charge in [-0.25, -0.2) is 4.98 Å². The van der Waals surface area contributed by atoms with Crippen LogP contribution >= 0.6 is 0 Å². The number of nitrogen functional groups attached to an aromatic ring is 1. The van der Waals surface area contributed by atoms with Crippen molar-refractivity contribution < 1.29 is 4.74 Å². The van der Waals surface area contributed by atoms with Crippen LogP contribution in [-0.4, -0.2) is 29.1 Å². The van der Waals surface area contributed by atoms with Gasteiger partial charge in [0.1, 0.15) is 17.7 Å². The minimum absolute atomic E-state index is 0.235. The topological polar surface area (TPSA) is 51.4 Å². The third-order valence-corrected chi connectivity index (χ3v) is 4.86. The summed E-state index contributed by atoms with van der Waals surface area (Å²) >= 11 is 0. The van der Waals surface area contributed by atoms with Gasteiger partial charge in [0.2, 0.25) is 0 Å². The van der Waals surface area contributed by atoms with Crippen molar-refractivity contribution in [1.29, 1.82) is 0 Å². The molecule has 128 valence electrons. The highest BCUT2D eigenvalue weighted by molar-refractivity contribution is 5.92. The predicted molar refractivity (Wildman–Crippen MR) is 102 cm³/mol. The second-order valence-corrected chi connectivity index (χ2v) is 6.78. The van der Waals surface area contributed by atoms with Crippen LogP contribution in [0.5, 0.6) is 5.75 Å². The SMILES string of the molecule is Cc1cc2c(N)nccc2cc1O[C@H]1CCN(Cc2ccccc2)C1. The van der Waals surface area contributed by atoms with Crippen LogP contribution < -0.4 is 10.5 Å². The van der Waals surface area contributed by atoms with E-state index >= 15 is 0 Å². The number of benzene rings is 2. The highest BCUT2D eigenvalue weighted by Gasteiger charge is 2.24. The van der Waals surface area contributed by atoms with Crippen molar-refractivity contribution in [1.82, 2.24) is 9.88 Å². The number of hydrogen-bond donors (Lipinski definition) is 1. The average Bonchev–Trinajstić information content (AvgIpc) is 3.04. The molecular weight excluding hydrogens is 310 g/mol. The van der Waals surface area contributed by atoms with E-state index in [0.29, 0.717) is 5.82 Å². The number of nitrogens with zero attached hydrogens (tertiary/aromatic N) is 2. The van der Waals surface area contributed by atoms with Crippen molar-refractivity contribution in [3.05, 3.63) is 65.9 Å². The summed E-state index contributed by atoms with van der Waals surface area (Å²) in [5.41, 5.74) is 8.43. The minimum atomic E-state index is 0.235. The number of hydrogen-bond acceptors (Lipinski definition) is 4. The van der Waals surface area contributed by atoms with Crippen LogP contribution in [0.4, 0.5) is 5.82 Å². The van der Waals surface area contributed by atoms with E-state index in [2.05, 4.69) is 59.3 Å². The molecule has 2 N–H and O–H groups in total. The second-order valence-electron chi connectivity index (χ2n) is 6.78. The second kappa shape index (κ2) is 6.73. The molecule has 4 heteroatoms. The monoisotopic (exact) mass is 333 g/mol. The van der Waals surface area contributed by atoms with Gasteiger partial charge in [-0.2, -0.15) is 0 Å². The summed E-state index contributed by atoms with van der Waals surface area (Å²) in [6.07, 6.45) is 3.04. The first-order chi connectivity index (χ1) is 12.2. The molecule has 1 aliphatic heterocycles. The van der Waals surface area contributed by atoms with E-state index in [-0.39, 0.29) is 6.10 Å². The van der Waals surface area contributed by atoms with Crippen molar-refractivity contribution in [3.8, 4) is 5.75 Å². The molecular formula is C21H23N3O.